The zero-order chi connectivity index (χ0) is 16.6. The Labute approximate surface area is 141 Å². The van der Waals surface area contributed by atoms with E-state index in [9.17, 15) is 4.79 Å². The summed E-state index contributed by atoms with van der Waals surface area (Å²) < 4.78 is 5.55. The molecule has 2 heterocycles. The minimum Gasteiger partial charge on any atom is -0.446 e. The van der Waals surface area contributed by atoms with Gasteiger partial charge in [-0.25, -0.2) is 9.78 Å². The van der Waals surface area contributed by atoms with Gasteiger partial charge in [-0.05, 0) is 56.0 Å². The van der Waals surface area contributed by atoms with Gasteiger partial charge in [-0.1, -0.05) is 24.3 Å². The summed E-state index contributed by atoms with van der Waals surface area (Å²) in [6, 6.07) is 10.4. The number of carbonyl (C=O) groups is 1. The molecular weight excluding hydrogens is 302 g/mol. The number of hydrogen-bond acceptors (Lipinski definition) is 4. The topological polar surface area (TPSA) is 63.2 Å². The highest BCUT2D eigenvalue weighted by atomic mass is 16.6. The van der Waals surface area contributed by atoms with Crippen molar-refractivity contribution in [3.8, 4) is 0 Å². The third-order valence-electron chi connectivity index (χ3n) is 5.34. The van der Waals surface area contributed by atoms with E-state index in [2.05, 4.69) is 22.5 Å². The lowest BCUT2D eigenvalue weighted by molar-refractivity contribution is -0.0606. The fourth-order valence-electron chi connectivity index (χ4n) is 4.21. The summed E-state index contributed by atoms with van der Waals surface area (Å²) in [4.78, 5) is 16.4. The Kier molecular flexibility index (Phi) is 3.88. The van der Waals surface area contributed by atoms with Gasteiger partial charge in [-0.15, -0.1) is 0 Å². The summed E-state index contributed by atoms with van der Waals surface area (Å²) in [5.74, 6) is 0.531. The average molecular weight is 325 g/mol. The van der Waals surface area contributed by atoms with Crippen molar-refractivity contribution < 1.29 is 9.53 Å². The first-order chi connectivity index (χ1) is 11.6. The molecular formula is C19H23N3O2. The van der Waals surface area contributed by atoms with Crippen LogP contribution in [0.5, 0.6) is 0 Å². The normalized spacial score (nSPS) is 29.2. The number of amides is 1. The van der Waals surface area contributed by atoms with E-state index in [0.29, 0.717) is 17.3 Å². The van der Waals surface area contributed by atoms with Crippen molar-refractivity contribution in [2.75, 3.05) is 11.9 Å². The number of fused-ring (bicyclic) bond motifs is 1. The molecule has 2 N–H and O–H groups in total. The van der Waals surface area contributed by atoms with Crippen LogP contribution < -0.4 is 10.6 Å². The SMILES string of the molecule is CC1CC2(CCN1)CC(OC(=O)Nc1cc3ccccc3cn1)C2. The van der Waals surface area contributed by atoms with Crippen LogP contribution in [-0.2, 0) is 4.74 Å². The van der Waals surface area contributed by atoms with Crippen LogP contribution >= 0.6 is 0 Å². The molecule has 0 radical (unpaired) electrons. The zero-order valence-electron chi connectivity index (χ0n) is 13.9. The van der Waals surface area contributed by atoms with Crippen LogP contribution in [0.4, 0.5) is 10.6 Å². The van der Waals surface area contributed by atoms with E-state index in [4.69, 9.17) is 4.74 Å². The molecule has 2 aromatic rings. The Morgan fingerprint density at radius 1 is 1.29 bits per heavy atom. The highest BCUT2D eigenvalue weighted by Gasteiger charge is 2.47. The highest BCUT2D eigenvalue weighted by Crippen LogP contribution is 2.50. The summed E-state index contributed by atoms with van der Waals surface area (Å²) in [5.41, 5.74) is 0.386. The molecule has 126 valence electrons. The summed E-state index contributed by atoms with van der Waals surface area (Å²) in [7, 11) is 0. The summed E-state index contributed by atoms with van der Waals surface area (Å²) in [6.45, 7) is 3.30. The second kappa shape index (κ2) is 6.06. The molecule has 1 spiro atoms. The number of nitrogens with zero attached hydrogens (tertiary/aromatic N) is 1. The zero-order valence-corrected chi connectivity index (χ0v) is 13.9. The predicted molar refractivity (Wildman–Crippen MR) is 94.0 cm³/mol. The Morgan fingerprint density at radius 2 is 2.08 bits per heavy atom. The maximum absolute atomic E-state index is 12.1. The van der Waals surface area contributed by atoms with Gasteiger partial charge in [0, 0.05) is 17.6 Å². The van der Waals surface area contributed by atoms with Gasteiger partial charge in [-0.2, -0.15) is 0 Å². The Bertz CT molecular complexity index is 755. The number of anilines is 1. The summed E-state index contributed by atoms with van der Waals surface area (Å²) in [5, 5.41) is 8.33. The predicted octanol–water partition coefficient (Wildman–Crippen LogP) is 3.70. The van der Waals surface area contributed by atoms with E-state index in [0.717, 1.165) is 30.2 Å². The first-order valence-electron chi connectivity index (χ1n) is 8.68. The van der Waals surface area contributed by atoms with Crippen LogP contribution in [0.25, 0.3) is 10.8 Å². The van der Waals surface area contributed by atoms with Gasteiger partial charge in [0.15, 0.2) is 0 Å². The van der Waals surface area contributed by atoms with E-state index in [-0.39, 0.29) is 6.10 Å². The van der Waals surface area contributed by atoms with Crippen LogP contribution in [0.15, 0.2) is 36.5 Å². The maximum Gasteiger partial charge on any atom is 0.413 e. The van der Waals surface area contributed by atoms with Gasteiger partial charge < -0.3 is 10.1 Å². The van der Waals surface area contributed by atoms with Crippen molar-refractivity contribution >= 4 is 22.7 Å². The number of pyridine rings is 1. The third-order valence-corrected chi connectivity index (χ3v) is 5.34. The highest BCUT2D eigenvalue weighted by molar-refractivity contribution is 5.89. The molecule has 2 aliphatic rings. The van der Waals surface area contributed by atoms with Crippen molar-refractivity contribution in [3.05, 3.63) is 36.5 Å². The smallest absolute Gasteiger partial charge is 0.413 e. The Morgan fingerprint density at radius 3 is 2.88 bits per heavy atom. The monoisotopic (exact) mass is 325 g/mol. The first kappa shape index (κ1) is 15.4. The molecule has 1 aliphatic heterocycles. The quantitative estimate of drug-likeness (QED) is 0.883. The van der Waals surface area contributed by atoms with Crippen molar-refractivity contribution in [1.82, 2.24) is 10.3 Å². The largest absolute Gasteiger partial charge is 0.446 e. The van der Waals surface area contributed by atoms with E-state index >= 15 is 0 Å². The van der Waals surface area contributed by atoms with Crippen LogP contribution in [0, 0.1) is 5.41 Å². The molecule has 2 fully saturated rings. The standard InChI is InChI=1S/C19H23N3O2/c1-13-9-19(6-7-20-13)10-16(11-19)24-18(23)22-17-8-14-4-2-3-5-15(14)12-21-17/h2-5,8,12-13,16,20H,6-7,9-11H2,1H3,(H,21,22,23). The second-order valence-electron chi connectivity index (χ2n) is 7.29. The fraction of sp³-hybridized carbons (Fsp3) is 0.474. The van der Waals surface area contributed by atoms with Gasteiger partial charge in [0.25, 0.3) is 0 Å². The number of ether oxygens (including phenoxy) is 1. The summed E-state index contributed by atoms with van der Waals surface area (Å²) >= 11 is 0. The molecule has 1 saturated heterocycles. The number of carbonyl (C=O) groups excluding carboxylic acids is 1. The molecule has 1 atom stereocenters. The molecule has 0 bridgehead atoms. The second-order valence-corrected chi connectivity index (χ2v) is 7.29. The molecule has 1 aliphatic carbocycles. The van der Waals surface area contributed by atoms with Gasteiger partial charge in [0.1, 0.15) is 11.9 Å². The molecule has 1 unspecified atom stereocenters. The molecule has 1 amide bonds. The summed E-state index contributed by atoms with van der Waals surface area (Å²) in [6.07, 6.45) is 5.73. The van der Waals surface area contributed by atoms with Crippen LogP contribution in [0.2, 0.25) is 0 Å². The van der Waals surface area contributed by atoms with E-state index in [1.54, 1.807) is 6.20 Å². The molecule has 5 heteroatoms. The molecule has 1 aromatic carbocycles. The van der Waals surface area contributed by atoms with Crippen molar-refractivity contribution in [2.45, 2.75) is 44.8 Å². The lowest BCUT2D eigenvalue weighted by atomic mass is 9.60. The van der Waals surface area contributed by atoms with Crippen LogP contribution in [0.1, 0.15) is 32.6 Å². The molecule has 1 aromatic heterocycles. The van der Waals surface area contributed by atoms with Crippen molar-refractivity contribution in [1.29, 1.82) is 0 Å². The number of rotatable bonds is 2. The minimum atomic E-state index is -0.403. The number of hydrogen-bond donors (Lipinski definition) is 2. The molecule has 24 heavy (non-hydrogen) atoms. The molecule has 4 rings (SSSR count). The average Bonchev–Trinajstić information content (AvgIpc) is 2.53. The van der Waals surface area contributed by atoms with Crippen LogP contribution in [0.3, 0.4) is 0 Å². The first-order valence-corrected chi connectivity index (χ1v) is 8.68. The van der Waals surface area contributed by atoms with Gasteiger partial charge in [-0.3, -0.25) is 5.32 Å². The van der Waals surface area contributed by atoms with Crippen molar-refractivity contribution in [2.24, 2.45) is 5.41 Å². The number of aromatic nitrogens is 1. The number of benzene rings is 1. The van der Waals surface area contributed by atoms with Gasteiger partial charge >= 0.3 is 6.09 Å². The lowest BCUT2D eigenvalue weighted by Crippen LogP contribution is -2.52. The fourth-order valence-corrected chi connectivity index (χ4v) is 4.21. The third kappa shape index (κ3) is 3.08. The Hall–Kier alpha value is -2.14. The van der Waals surface area contributed by atoms with E-state index in [1.807, 2.05) is 30.3 Å². The van der Waals surface area contributed by atoms with E-state index < -0.39 is 6.09 Å². The van der Waals surface area contributed by atoms with E-state index in [1.165, 1.54) is 12.8 Å². The molecule has 1 saturated carbocycles. The van der Waals surface area contributed by atoms with Crippen molar-refractivity contribution in [3.63, 3.8) is 0 Å². The lowest BCUT2D eigenvalue weighted by Gasteiger charge is -2.51. The minimum absolute atomic E-state index is 0.0377. The number of piperidine rings is 1. The number of nitrogens with one attached hydrogen (secondary N) is 2. The van der Waals surface area contributed by atoms with Gasteiger partial charge in [0.05, 0.1) is 0 Å². The van der Waals surface area contributed by atoms with Gasteiger partial charge in [0.2, 0.25) is 0 Å². The van der Waals surface area contributed by atoms with Crippen LogP contribution in [-0.4, -0.2) is 29.8 Å². The Balaban J connectivity index is 1.32. The maximum atomic E-state index is 12.1. The molecule has 5 nitrogen and oxygen atoms in total.